The largest absolute Gasteiger partial charge is 0.466 e. The number of benzene rings is 1. The highest BCUT2D eigenvalue weighted by atomic mass is 19.2. The third-order valence-corrected chi connectivity index (χ3v) is 2.33. The predicted octanol–water partition coefficient (Wildman–Crippen LogP) is 2.88. The summed E-state index contributed by atoms with van der Waals surface area (Å²) in [6.07, 6.45) is 0.573. The fraction of sp³-hybridized carbons (Fsp3) is 0.385. The second-order valence-corrected chi connectivity index (χ2v) is 3.71. The molecule has 0 spiro atoms. The first-order valence-electron chi connectivity index (χ1n) is 5.68. The summed E-state index contributed by atoms with van der Waals surface area (Å²) in [5.74, 6) is -2.72. The van der Waals surface area contributed by atoms with Gasteiger partial charge in [-0.25, -0.2) is 8.78 Å². The van der Waals surface area contributed by atoms with Gasteiger partial charge in [0.2, 0.25) is 0 Å². The Balaban J connectivity index is 2.45. The topological polar surface area (TPSA) is 43.4 Å². The minimum absolute atomic E-state index is 0.101. The Morgan fingerprint density at radius 2 is 1.89 bits per heavy atom. The van der Waals surface area contributed by atoms with Gasteiger partial charge in [0, 0.05) is 18.4 Å². The van der Waals surface area contributed by atoms with Crippen molar-refractivity contribution >= 4 is 11.8 Å². The first kappa shape index (κ1) is 14.3. The Kier molecular flexibility index (Phi) is 5.42. The molecule has 5 heteroatoms. The number of esters is 1. The van der Waals surface area contributed by atoms with E-state index in [2.05, 4.69) is 0 Å². The summed E-state index contributed by atoms with van der Waals surface area (Å²) in [5, 5.41) is 0. The fourth-order valence-electron chi connectivity index (χ4n) is 1.44. The normalized spacial score (nSPS) is 10.2. The summed E-state index contributed by atoms with van der Waals surface area (Å²) < 4.78 is 30.3. The summed E-state index contributed by atoms with van der Waals surface area (Å²) in [6, 6.07) is 3.00. The van der Waals surface area contributed by atoms with E-state index in [0.717, 1.165) is 12.1 Å². The average Bonchev–Trinajstić information content (AvgIpc) is 2.33. The smallest absolute Gasteiger partial charge is 0.305 e. The quantitative estimate of drug-likeness (QED) is 0.580. The zero-order valence-corrected chi connectivity index (χ0v) is 10.0. The molecule has 0 aliphatic heterocycles. The molecule has 0 heterocycles. The first-order chi connectivity index (χ1) is 8.54. The maximum Gasteiger partial charge on any atom is 0.305 e. The summed E-state index contributed by atoms with van der Waals surface area (Å²) in [7, 11) is 0. The number of rotatable bonds is 6. The Morgan fingerprint density at radius 1 is 1.17 bits per heavy atom. The van der Waals surface area contributed by atoms with Gasteiger partial charge in [-0.2, -0.15) is 0 Å². The van der Waals surface area contributed by atoms with E-state index in [-0.39, 0.29) is 30.2 Å². The molecule has 0 atom stereocenters. The number of ether oxygens (including phenoxy) is 1. The minimum Gasteiger partial charge on any atom is -0.466 e. The maximum absolute atomic E-state index is 12.9. The second kappa shape index (κ2) is 6.83. The molecule has 0 radical (unpaired) electrons. The van der Waals surface area contributed by atoms with Gasteiger partial charge in [0.25, 0.3) is 0 Å². The van der Waals surface area contributed by atoms with Crippen LogP contribution in [-0.2, 0) is 9.53 Å². The van der Waals surface area contributed by atoms with E-state index in [1.54, 1.807) is 6.92 Å². The molecule has 0 bridgehead atoms. The van der Waals surface area contributed by atoms with Gasteiger partial charge >= 0.3 is 5.97 Å². The molecule has 0 N–H and O–H groups in total. The lowest BCUT2D eigenvalue weighted by molar-refractivity contribution is -0.143. The molecule has 1 aromatic carbocycles. The van der Waals surface area contributed by atoms with E-state index in [0.29, 0.717) is 13.0 Å². The predicted molar refractivity (Wildman–Crippen MR) is 61.2 cm³/mol. The number of ketones is 1. The van der Waals surface area contributed by atoms with Crippen LogP contribution in [0.15, 0.2) is 18.2 Å². The number of halogens is 2. The number of hydrogen-bond donors (Lipinski definition) is 0. The van der Waals surface area contributed by atoms with Crippen LogP contribution in [0.25, 0.3) is 0 Å². The highest BCUT2D eigenvalue weighted by molar-refractivity contribution is 5.96. The lowest BCUT2D eigenvalue weighted by Gasteiger charge is -2.02. The van der Waals surface area contributed by atoms with Crippen LogP contribution in [0, 0.1) is 11.6 Å². The van der Waals surface area contributed by atoms with Crippen LogP contribution >= 0.6 is 0 Å². The highest BCUT2D eigenvalue weighted by Crippen LogP contribution is 2.12. The van der Waals surface area contributed by atoms with Crippen molar-refractivity contribution in [3.63, 3.8) is 0 Å². The van der Waals surface area contributed by atoms with Gasteiger partial charge in [-0.3, -0.25) is 9.59 Å². The van der Waals surface area contributed by atoms with Crippen molar-refractivity contribution < 1.29 is 23.1 Å². The molecule has 0 saturated heterocycles. The molecule has 98 valence electrons. The van der Waals surface area contributed by atoms with Crippen molar-refractivity contribution in [2.75, 3.05) is 6.61 Å². The van der Waals surface area contributed by atoms with Crippen LogP contribution in [0.2, 0.25) is 0 Å². The van der Waals surface area contributed by atoms with Crippen molar-refractivity contribution in [1.82, 2.24) is 0 Å². The first-order valence-corrected chi connectivity index (χ1v) is 5.68. The van der Waals surface area contributed by atoms with E-state index in [1.807, 2.05) is 0 Å². The van der Waals surface area contributed by atoms with Crippen LogP contribution in [0.5, 0.6) is 0 Å². The molecule has 18 heavy (non-hydrogen) atoms. The zero-order valence-electron chi connectivity index (χ0n) is 10.0. The van der Waals surface area contributed by atoms with E-state index in [9.17, 15) is 18.4 Å². The molecule has 0 fully saturated rings. The molecule has 0 aliphatic carbocycles. The van der Waals surface area contributed by atoms with Crippen LogP contribution < -0.4 is 0 Å². The van der Waals surface area contributed by atoms with Crippen molar-refractivity contribution in [2.45, 2.75) is 26.2 Å². The minimum atomic E-state index is -1.05. The highest BCUT2D eigenvalue weighted by Gasteiger charge is 2.10. The summed E-state index contributed by atoms with van der Waals surface area (Å²) in [6.45, 7) is 2.00. The Morgan fingerprint density at radius 3 is 2.50 bits per heavy atom. The molecule has 0 aromatic heterocycles. The van der Waals surface area contributed by atoms with Crippen LogP contribution in [-0.4, -0.2) is 18.4 Å². The van der Waals surface area contributed by atoms with Gasteiger partial charge in [-0.1, -0.05) is 0 Å². The molecule has 0 saturated carbocycles. The van der Waals surface area contributed by atoms with Crippen molar-refractivity contribution in [3.05, 3.63) is 35.4 Å². The van der Waals surface area contributed by atoms with Gasteiger partial charge in [-0.05, 0) is 31.5 Å². The second-order valence-electron chi connectivity index (χ2n) is 3.71. The van der Waals surface area contributed by atoms with Crippen molar-refractivity contribution in [3.8, 4) is 0 Å². The standard InChI is InChI=1S/C13H14F2O3/c1-2-18-13(17)5-3-4-12(16)9-6-7-10(14)11(15)8-9/h6-8H,2-5H2,1H3. The summed E-state index contributed by atoms with van der Waals surface area (Å²) in [4.78, 5) is 22.6. The summed E-state index contributed by atoms with van der Waals surface area (Å²) >= 11 is 0. The van der Waals surface area contributed by atoms with E-state index in [4.69, 9.17) is 4.74 Å². The third-order valence-electron chi connectivity index (χ3n) is 2.33. The molecule has 0 amide bonds. The number of carbonyl (C=O) groups is 2. The maximum atomic E-state index is 12.9. The summed E-state index contributed by atoms with van der Waals surface area (Å²) in [5.41, 5.74) is 0.109. The Bertz CT molecular complexity index is 444. The van der Waals surface area contributed by atoms with Gasteiger partial charge in [0.05, 0.1) is 6.61 Å². The van der Waals surface area contributed by atoms with Crippen molar-refractivity contribution in [1.29, 1.82) is 0 Å². The monoisotopic (exact) mass is 256 g/mol. The molecule has 1 aromatic rings. The van der Waals surface area contributed by atoms with Gasteiger partial charge in [0.1, 0.15) is 0 Å². The van der Waals surface area contributed by atoms with Gasteiger partial charge in [-0.15, -0.1) is 0 Å². The van der Waals surface area contributed by atoms with Crippen LogP contribution in [0.4, 0.5) is 8.78 Å². The van der Waals surface area contributed by atoms with E-state index < -0.39 is 11.6 Å². The molecule has 0 aliphatic rings. The lowest BCUT2D eigenvalue weighted by Crippen LogP contribution is -2.06. The lowest BCUT2D eigenvalue weighted by atomic mass is 10.1. The fourth-order valence-corrected chi connectivity index (χ4v) is 1.44. The van der Waals surface area contributed by atoms with Crippen molar-refractivity contribution in [2.24, 2.45) is 0 Å². The van der Waals surface area contributed by atoms with E-state index in [1.165, 1.54) is 6.07 Å². The average molecular weight is 256 g/mol. The number of carbonyl (C=O) groups excluding carboxylic acids is 2. The van der Waals surface area contributed by atoms with Crippen LogP contribution in [0.1, 0.15) is 36.5 Å². The Hall–Kier alpha value is -1.78. The molecular formula is C13H14F2O3. The van der Waals surface area contributed by atoms with E-state index >= 15 is 0 Å². The van der Waals surface area contributed by atoms with Gasteiger partial charge < -0.3 is 4.74 Å². The Labute approximate surface area is 104 Å². The molecule has 0 unspecified atom stereocenters. The zero-order chi connectivity index (χ0) is 13.5. The SMILES string of the molecule is CCOC(=O)CCCC(=O)c1ccc(F)c(F)c1. The number of hydrogen-bond acceptors (Lipinski definition) is 3. The molecule has 3 nitrogen and oxygen atoms in total. The molecular weight excluding hydrogens is 242 g/mol. The molecule has 1 rings (SSSR count). The number of Topliss-reactive ketones (excluding diaryl/α,β-unsaturated/α-hetero) is 1. The van der Waals surface area contributed by atoms with Gasteiger partial charge in [0.15, 0.2) is 17.4 Å². The van der Waals surface area contributed by atoms with Crippen LogP contribution in [0.3, 0.4) is 0 Å². The third kappa shape index (κ3) is 4.24.